The number of benzene rings is 4. The molecule has 7 heteroatoms. The van der Waals surface area contributed by atoms with E-state index in [-0.39, 0.29) is 32.0 Å². The molecule has 0 atom stereocenters. The maximum absolute atomic E-state index is 13.3. The van der Waals surface area contributed by atoms with Gasteiger partial charge in [0.15, 0.2) is 0 Å². The van der Waals surface area contributed by atoms with Crippen LogP contribution in [0.1, 0.15) is 43.0 Å². The third-order valence-electron chi connectivity index (χ3n) is 5.29. The number of carboxylic acid groups (broad SMARTS) is 2. The van der Waals surface area contributed by atoms with E-state index in [4.69, 9.17) is 0 Å². The summed E-state index contributed by atoms with van der Waals surface area (Å²) in [7, 11) is -4.24. The highest BCUT2D eigenvalue weighted by atomic mass is 32.2. The van der Waals surface area contributed by atoms with E-state index >= 15 is 0 Å². The Labute approximate surface area is 213 Å². The van der Waals surface area contributed by atoms with Crippen molar-refractivity contribution < 1.29 is 28.2 Å². The highest BCUT2D eigenvalue weighted by Gasteiger charge is 2.23. The van der Waals surface area contributed by atoms with Gasteiger partial charge in [-0.2, -0.15) is 0 Å². The highest BCUT2D eigenvalue weighted by Crippen LogP contribution is 2.25. The minimum Gasteiger partial charge on any atom is -0.478 e. The zero-order valence-corrected chi connectivity index (χ0v) is 20.0. The second kappa shape index (κ2) is 10.7. The summed E-state index contributed by atoms with van der Waals surface area (Å²) in [5.41, 5.74) is 1.07. The number of hydrogen-bond acceptors (Lipinski definition) is 4. The van der Waals surface area contributed by atoms with Crippen molar-refractivity contribution in [3.8, 4) is 23.7 Å². The minimum atomic E-state index is -4.24. The maximum Gasteiger partial charge on any atom is 0.337 e. The molecule has 0 unspecified atom stereocenters. The minimum absolute atomic E-state index is 0.146. The molecule has 0 aromatic heterocycles. The van der Waals surface area contributed by atoms with Gasteiger partial charge < -0.3 is 10.2 Å². The molecule has 0 saturated heterocycles. The van der Waals surface area contributed by atoms with Gasteiger partial charge in [-0.25, -0.2) is 18.0 Å². The summed E-state index contributed by atoms with van der Waals surface area (Å²) in [5.74, 6) is 8.57. The molecule has 180 valence electrons. The molecule has 6 nitrogen and oxygen atoms in total. The van der Waals surface area contributed by atoms with Gasteiger partial charge in [-0.15, -0.1) is 0 Å². The van der Waals surface area contributed by atoms with Gasteiger partial charge in [0.2, 0.25) is 9.84 Å². The highest BCUT2D eigenvalue weighted by molar-refractivity contribution is 7.91. The third kappa shape index (κ3) is 5.76. The van der Waals surface area contributed by atoms with Crippen LogP contribution in [-0.4, -0.2) is 30.6 Å². The van der Waals surface area contributed by atoms with Gasteiger partial charge in [-0.1, -0.05) is 60.1 Å². The van der Waals surface area contributed by atoms with Crippen molar-refractivity contribution in [2.24, 2.45) is 0 Å². The fourth-order valence-electron chi connectivity index (χ4n) is 3.41. The van der Waals surface area contributed by atoms with Crippen LogP contribution in [0.2, 0.25) is 0 Å². The normalized spacial score (nSPS) is 10.4. The Balaban J connectivity index is 1.73. The van der Waals surface area contributed by atoms with Crippen molar-refractivity contribution in [1.82, 2.24) is 0 Å². The first-order chi connectivity index (χ1) is 17.8. The summed E-state index contributed by atoms with van der Waals surface area (Å²) in [5, 5.41) is 19.3. The Morgan fingerprint density at radius 3 is 1.27 bits per heavy atom. The average molecular weight is 507 g/mol. The Morgan fingerprint density at radius 2 is 0.919 bits per heavy atom. The molecule has 4 aromatic carbocycles. The second-order valence-electron chi connectivity index (χ2n) is 7.76. The molecule has 0 radical (unpaired) electrons. The number of carbonyl (C=O) groups is 2. The molecule has 0 aliphatic rings. The summed E-state index contributed by atoms with van der Waals surface area (Å²) in [6.07, 6.45) is 0. The standard InChI is InChI=1S/C30H18O6S/c31-29(32)27-19-25(17-15-23(27)13-11-21-7-3-1-4-8-21)37(35,36)26-18-16-24(28(20-26)30(33)34)14-12-22-9-5-2-6-10-22/h1-10,15-20H,(H,31,32)(H,33,34). The molecule has 0 bridgehead atoms. The number of rotatable bonds is 4. The van der Waals surface area contributed by atoms with E-state index in [2.05, 4.69) is 23.7 Å². The van der Waals surface area contributed by atoms with Crippen LogP contribution in [0.25, 0.3) is 0 Å². The SMILES string of the molecule is O=C(O)c1cc(S(=O)(=O)c2ccc(C#Cc3ccccc3)c(C(=O)O)c2)ccc1C#Cc1ccccc1. The van der Waals surface area contributed by atoms with E-state index in [1.807, 2.05) is 12.1 Å². The Hall–Kier alpha value is -5.11. The zero-order valence-electron chi connectivity index (χ0n) is 19.2. The summed E-state index contributed by atoms with van der Waals surface area (Å²) < 4.78 is 26.6. The van der Waals surface area contributed by atoms with E-state index in [1.165, 1.54) is 24.3 Å². The summed E-state index contributed by atoms with van der Waals surface area (Å²) in [6.45, 7) is 0. The lowest BCUT2D eigenvalue weighted by atomic mass is 10.1. The lowest BCUT2D eigenvalue weighted by Crippen LogP contribution is -2.09. The third-order valence-corrected chi connectivity index (χ3v) is 7.04. The first-order valence-electron chi connectivity index (χ1n) is 10.9. The van der Waals surface area contributed by atoms with Crippen LogP contribution < -0.4 is 0 Å². The van der Waals surface area contributed by atoms with Crippen LogP contribution in [0, 0.1) is 23.7 Å². The van der Waals surface area contributed by atoms with Crippen LogP contribution in [0.4, 0.5) is 0 Å². The predicted molar refractivity (Wildman–Crippen MR) is 137 cm³/mol. The number of sulfone groups is 1. The molecule has 0 saturated carbocycles. The molecule has 0 fully saturated rings. The van der Waals surface area contributed by atoms with E-state index in [9.17, 15) is 28.2 Å². The van der Waals surface area contributed by atoms with Crippen molar-refractivity contribution in [1.29, 1.82) is 0 Å². The zero-order chi connectivity index (χ0) is 26.4. The topological polar surface area (TPSA) is 109 Å². The molecule has 4 aromatic rings. The molecule has 37 heavy (non-hydrogen) atoms. The smallest absolute Gasteiger partial charge is 0.337 e. The van der Waals surface area contributed by atoms with Crippen LogP contribution in [0.15, 0.2) is 107 Å². The van der Waals surface area contributed by atoms with Crippen LogP contribution in [0.3, 0.4) is 0 Å². The molecule has 0 aliphatic carbocycles. The molecule has 0 spiro atoms. The number of aromatic carboxylic acids is 2. The summed E-state index contributed by atoms with van der Waals surface area (Å²) in [4.78, 5) is 23.1. The van der Waals surface area contributed by atoms with Crippen LogP contribution >= 0.6 is 0 Å². The molecular weight excluding hydrogens is 488 g/mol. The van der Waals surface area contributed by atoms with Crippen LogP contribution in [-0.2, 0) is 9.84 Å². The fraction of sp³-hybridized carbons (Fsp3) is 0. The van der Waals surface area contributed by atoms with Crippen molar-refractivity contribution in [3.63, 3.8) is 0 Å². The fourth-order valence-corrected chi connectivity index (χ4v) is 4.72. The number of hydrogen-bond donors (Lipinski definition) is 2. The summed E-state index contributed by atoms with van der Waals surface area (Å²) in [6, 6.07) is 25.1. The van der Waals surface area contributed by atoms with Crippen molar-refractivity contribution in [3.05, 3.63) is 130 Å². The lowest BCUT2D eigenvalue weighted by Gasteiger charge is -2.09. The largest absolute Gasteiger partial charge is 0.478 e. The summed E-state index contributed by atoms with van der Waals surface area (Å²) >= 11 is 0. The molecule has 4 rings (SSSR count). The van der Waals surface area contributed by atoms with Gasteiger partial charge in [-0.3, -0.25) is 0 Å². The Bertz CT molecular complexity index is 1610. The van der Waals surface area contributed by atoms with E-state index < -0.39 is 21.8 Å². The second-order valence-corrected chi connectivity index (χ2v) is 9.71. The van der Waals surface area contributed by atoms with Gasteiger partial charge in [0.05, 0.1) is 20.9 Å². The van der Waals surface area contributed by atoms with E-state index in [1.54, 1.807) is 48.5 Å². The quantitative estimate of drug-likeness (QED) is 0.388. The van der Waals surface area contributed by atoms with E-state index in [0.717, 1.165) is 12.1 Å². The van der Waals surface area contributed by atoms with Crippen LogP contribution in [0.5, 0.6) is 0 Å². The van der Waals surface area contributed by atoms with Gasteiger partial charge >= 0.3 is 11.9 Å². The van der Waals surface area contributed by atoms with Gasteiger partial charge in [0.25, 0.3) is 0 Å². The van der Waals surface area contributed by atoms with Crippen molar-refractivity contribution in [2.75, 3.05) is 0 Å². The van der Waals surface area contributed by atoms with Crippen molar-refractivity contribution >= 4 is 21.8 Å². The van der Waals surface area contributed by atoms with Gasteiger partial charge in [-0.05, 0) is 60.7 Å². The van der Waals surface area contributed by atoms with Gasteiger partial charge in [0.1, 0.15) is 0 Å². The maximum atomic E-state index is 13.3. The molecule has 0 heterocycles. The Kier molecular flexibility index (Phi) is 7.20. The molecular formula is C30H18O6S. The lowest BCUT2D eigenvalue weighted by molar-refractivity contribution is 0.0685. The molecule has 0 aliphatic heterocycles. The monoisotopic (exact) mass is 506 g/mol. The molecule has 2 N–H and O–H groups in total. The number of carboxylic acids is 2. The van der Waals surface area contributed by atoms with Crippen molar-refractivity contribution in [2.45, 2.75) is 9.79 Å². The van der Waals surface area contributed by atoms with Gasteiger partial charge in [0, 0.05) is 22.3 Å². The van der Waals surface area contributed by atoms with E-state index in [0.29, 0.717) is 11.1 Å². The predicted octanol–water partition coefficient (Wildman–Crippen LogP) is 4.72. The first kappa shape index (κ1) is 25.0. The average Bonchev–Trinajstić information content (AvgIpc) is 2.91. The molecule has 0 amide bonds. The Morgan fingerprint density at radius 1 is 0.541 bits per heavy atom. The first-order valence-corrected chi connectivity index (χ1v) is 12.4.